The van der Waals surface area contributed by atoms with E-state index >= 15 is 0 Å². The van der Waals surface area contributed by atoms with E-state index in [1.54, 1.807) is 12.1 Å². The van der Waals surface area contributed by atoms with E-state index in [0.29, 0.717) is 6.42 Å². The van der Waals surface area contributed by atoms with Crippen molar-refractivity contribution in [1.29, 1.82) is 0 Å². The predicted octanol–water partition coefficient (Wildman–Crippen LogP) is 1.62. The number of para-hydroxylation sites is 1. The van der Waals surface area contributed by atoms with Crippen molar-refractivity contribution in [1.82, 2.24) is 0 Å². The van der Waals surface area contributed by atoms with Crippen LogP contribution in [0.2, 0.25) is 0 Å². The number of carboxylic acid groups (broad SMARTS) is 1. The van der Waals surface area contributed by atoms with Crippen molar-refractivity contribution < 1.29 is 19.4 Å². The van der Waals surface area contributed by atoms with Crippen LogP contribution in [-0.4, -0.2) is 23.4 Å². The molecule has 5 nitrogen and oxygen atoms in total. The Hall–Kier alpha value is -2.04. The zero-order valence-corrected chi connectivity index (χ0v) is 8.71. The van der Waals surface area contributed by atoms with Gasteiger partial charge in [0.1, 0.15) is 0 Å². The molecule has 1 N–H and O–H groups in total. The second-order valence-corrected chi connectivity index (χ2v) is 3.56. The van der Waals surface area contributed by atoms with Gasteiger partial charge < -0.3 is 9.84 Å². The lowest BCUT2D eigenvalue weighted by molar-refractivity contribution is -0.118. The van der Waals surface area contributed by atoms with Crippen LogP contribution >= 0.6 is 0 Å². The predicted molar refractivity (Wildman–Crippen MR) is 56.2 cm³/mol. The quantitative estimate of drug-likeness (QED) is 0.731. The Morgan fingerprint density at radius 3 is 2.75 bits per heavy atom. The molecule has 0 spiro atoms. The highest BCUT2D eigenvalue weighted by atomic mass is 16.7. The maximum atomic E-state index is 11.5. The molecular weight excluding hydrogens is 210 g/mol. The molecule has 0 bridgehead atoms. The highest BCUT2D eigenvalue weighted by Crippen LogP contribution is 2.32. The zero-order chi connectivity index (χ0) is 11.7. The van der Waals surface area contributed by atoms with Gasteiger partial charge in [0.05, 0.1) is 5.69 Å². The minimum absolute atomic E-state index is 0.226. The average Bonchev–Trinajstić information content (AvgIpc) is 2.53. The smallest absolute Gasteiger partial charge is 0.450 e. The van der Waals surface area contributed by atoms with Crippen molar-refractivity contribution in [2.45, 2.75) is 19.6 Å². The molecule has 1 aromatic carbocycles. The molecule has 16 heavy (non-hydrogen) atoms. The maximum Gasteiger partial charge on any atom is 0.507 e. The molecule has 84 valence electrons. The number of hydrogen-bond acceptors (Lipinski definition) is 3. The van der Waals surface area contributed by atoms with E-state index in [1.807, 2.05) is 12.1 Å². The van der Waals surface area contributed by atoms with Gasteiger partial charge in [-0.15, -0.1) is 0 Å². The number of rotatable bonds is 1. The Kier molecular flexibility index (Phi) is 2.52. The molecule has 1 atom stereocenters. The summed E-state index contributed by atoms with van der Waals surface area (Å²) in [5.74, 6) is -0.226. The third-order valence-corrected chi connectivity index (χ3v) is 2.51. The summed E-state index contributed by atoms with van der Waals surface area (Å²) in [5.41, 5.74) is 1.64. The van der Waals surface area contributed by atoms with Crippen molar-refractivity contribution in [3.05, 3.63) is 29.8 Å². The normalized spacial score (nSPS) is 18.1. The van der Waals surface area contributed by atoms with Crippen molar-refractivity contribution in [2.24, 2.45) is 0 Å². The number of benzene rings is 1. The molecule has 1 heterocycles. The third kappa shape index (κ3) is 1.71. The summed E-state index contributed by atoms with van der Waals surface area (Å²) in [6.45, 7) is 1.39. The number of hydrogen-bond donors (Lipinski definition) is 1. The van der Waals surface area contributed by atoms with Crippen LogP contribution < -0.4 is 4.90 Å². The topological polar surface area (TPSA) is 66.8 Å². The Morgan fingerprint density at radius 2 is 2.12 bits per heavy atom. The second kappa shape index (κ2) is 3.84. The fourth-order valence-corrected chi connectivity index (χ4v) is 1.94. The van der Waals surface area contributed by atoms with Crippen LogP contribution in [0.1, 0.15) is 12.5 Å². The van der Waals surface area contributed by atoms with Crippen LogP contribution in [0.15, 0.2) is 24.3 Å². The number of amides is 1. The maximum absolute atomic E-state index is 11.5. The number of nitrogens with zero attached hydrogens (tertiary/aromatic N) is 1. The molecule has 1 aliphatic heterocycles. The van der Waals surface area contributed by atoms with Gasteiger partial charge in [-0.2, -0.15) is 0 Å². The van der Waals surface area contributed by atoms with Gasteiger partial charge in [-0.05, 0) is 11.6 Å². The van der Waals surface area contributed by atoms with Gasteiger partial charge in [0.2, 0.25) is 5.91 Å². The standard InChI is InChI=1S/C11H11NO4/c1-7(13)12-9-5-3-2-4-8(9)6-10(12)16-11(14)15/h2-5,10H,6H2,1H3,(H,14,15). The van der Waals surface area contributed by atoms with Gasteiger partial charge in [0.15, 0.2) is 6.23 Å². The van der Waals surface area contributed by atoms with Gasteiger partial charge in [-0.1, -0.05) is 18.2 Å². The van der Waals surface area contributed by atoms with Crippen molar-refractivity contribution in [2.75, 3.05) is 4.90 Å². The van der Waals surface area contributed by atoms with E-state index in [0.717, 1.165) is 11.3 Å². The molecule has 0 fully saturated rings. The first-order valence-electron chi connectivity index (χ1n) is 4.87. The molecule has 0 aromatic heterocycles. The monoisotopic (exact) mass is 221 g/mol. The van der Waals surface area contributed by atoms with E-state index in [-0.39, 0.29) is 5.91 Å². The van der Waals surface area contributed by atoms with Gasteiger partial charge in [0, 0.05) is 13.3 Å². The minimum atomic E-state index is -1.37. The summed E-state index contributed by atoms with van der Waals surface area (Å²) < 4.78 is 4.69. The first-order chi connectivity index (χ1) is 7.59. The zero-order valence-electron chi connectivity index (χ0n) is 8.71. The van der Waals surface area contributed by atoms with Crippen LogP contribution in [0, 0.1) is 0 Å². The molecule has 1 amide bonds. The van der Waals surface area contributed by atoms with Gasteiger partial charge in [-0.3, -0.25) is 9.69 Å². The Balaban J connectivity index is 2.33. The van der Waals surface area contributed by atoms with Crippen molar-refractivity contribution >= 4 is 17.7 Å². The van der Waals surface area contributed by atoms with Crippen molar-refractivity contribution in [3.63, 3.8) is 0 Å². The summed E-state index contributed by atoms with van der Waals surface area (Å²) in [7, 11) is 0. The lowest BCUT2D eigenvalue weighted by Crippen LogP contribution is -2.39. The van der Waals surface area contributed by atoms with Crippen LogP contribution in [0.3, 0.4) is 0 Å². The molecule has 5 heteroatoms. The lowest BCUT2D eigenvalue weighted by Gasteiger charge is -2.22. The van der Waals surface area contributed by atoms with Gasteiger partial charge in [-0.25, -0.2) is 4.79 Å². The molecule has 1 unspecified atom stereocenters. The third-order valence-electron chi connectivity index (χ3n) is 2.51. The summed E-state index contributed by atoms with van der Waals surface area (Å²) in [6, 6.07) is 7.29. The van der Waals surface area contributed by atoms with Gasteiger partial charge >= 0.3 is 6.16 Å². The van der Waals surface area contributed by atoms with E-state index in [9.17, 15) is 9.59 Å². The first kappa shape index (κ1) is 10.5. The largest absolute Gasteiger partial charge is 0.507 e. The van der Waals surface area contributed by atoms with E-state index in [2.05, 4.69) is 4.74 Å². The number of carbonyl (C=O) groups excluding carboxylic acids is 1. The van der Waals surface area contributed by atoms with Crippen molar-refractivity contribution in [3.8, 4) is 0 Å². The fraction of sp³-hybridized carbons (Fsp3) is 0.273. The highest BCUT2D eigenvalue weighted by molar-refractivity contribution is 5.94. The van der Waals surface area contributed by atoms with E-state index < -0.39 is 12.4 Å². The lowest BCUT2D eigenvalue weighted by atomic mass is 10.2. The molecule has 0 radical (unpaired) electrons. The van der Waals surface area contributed by atoms with Crippen LogP contribution in [-0.2, 0) is 16.0 Å². The number of ether oxygens (including phenoxy) is 1. The average molecular weight is 221 g/mol. The number of carbonyl (C=O) groups is 2. The fourth-order valence-electron chi connectivity index (χ4n) is 1.94. The highest BCUT2D eigenvalue weighted by Gasteiger charge is 2.34. The van der Waals surface area contributed by atoms with Crippen LogP contribution in [0.5, 0.6) is 0 Å². The molecule has 0 saturated carbocycles. The summed E-state index contributed by atoms with van der Waals surface area (Å²) >= 11 is 0. The molecule has 1 aliphatic rings. The minimum Gasteiger partial charge on any atom is -0.450 e. The number of fused-ring (bicyclic) bond motifs is 1. The summed E-state index contributed by atoms with van der Waals surface area (Å²) in [6.07, 6.45) is -1.71. The first-order valence-corrected chi connectivity index (χ1v) is 4.87. The second-order valence-electron chi connectivity index (χ2n) is 3.56. The molecule has 1 aromatic rings. The van der Waals surface area contributed by atoms with E-state index in [4.69, 9.17) is 5.11 Å². The molecular formula is C11H11NO4. The SMILES string of the molecule is CC(=O)N1c2ccccc2CC1OC(=O)O. The van der Waals surface area contributed by atoms with Gasteiger partial charge in [0.25, 0.3) is 0 Å². The number of anilines is 1. The Bertz CT molecular complexity index is 443. The van der Waals surface area contributed by atoms with E-state index in [1.165, 1.54) is 11.8 Å². The summed E-state index contributed by atoms with van der Waals surface area (Å²) in [5, 5.41) is 8.59. The summed E-state index contributed by atoms with van der Waals surface area (Å²) in [4.78, 5) is 23.3. The Labute approximate surface area is 92.2 Å². The van der Waals surface area contributed by atoms with Crippen LogP contribution in [0.4, 0.5) is 10.5 Å². The Morgan fingerprint density at radius 1 is 1.44 bits per heavy atom. The molecule has 0 aliphatic carbocycles. The van der Waals surface area contributed by atoms with Crippen LogP contribution in [0.25, 0.3) is 0 Å². The molecule has 0 saturated heterocycles. The molecule has 2 rings (SSSR count).